The van der Waals surface area contributed by atoms with Crippen molar-refractivity contribution in [2.45, 2.75) is 17.7 Å². The van der Waals surface area contributed by atoms with Crippen LogP contribution >= 0.6 is 0 Å². The van der Waals surface area contributed by atoms with Gasteiger partial charge in [-0.3, -0.25) is 4.21 Å². The molecular weight excluding hydrogens is 234 g/mol. The van der Waals surface area contributed by atoms with E-state index in [2.05, 4.69) is 5.32 Å². The molecule has 1 saturated heterocycles. The standard InChI is InChI=1S/C13H19NO2S/c1-17(15)13-6-4-12(5-7-13)16-10-11-3-2-8-14-9-11/h4-7,11,14H,2-3,8-10H2,1H3/t11-,17?/m1/s1. The highest BCUT2D eigenvalue weighted by Gasteiger charge is 2.13. The Morgan fingerprint density at radius 3 is 2.76 bits per heavy atom. The topological polar surface area (TPSA) is 38.3 Å². The lowest BCUT2D eigenvalue weighted by Gasteiger charge is -2.22. The molecule has 0 spiro atoms. The molecule has 0 aromatic heterocycles. The summed E-state index contributed by atoms with van der Waals surface area (Å²) in [4.78, 5) is 0.844. The summed E-state index contributed by atoms with van der Waals surface area (Å²) in [5, 5.41) is 3.37. The molecule has 94 valence electrons. The Kier molecular flexibility index (Phi) is 4.57. The third-order valence-electron chi connectivity index (χ3n) is 3.04. The van der Waals surface area contributed by atoms with Gasteiger partial charge in [-0.05, 0) is 43.7 Å². The monoisotopic (exact) mass is 253 g/mol. The number of hydrogen-bond donors (Lipinski definition) is 1. The first-order valence-electron chi connectivity index (χ1n) is 6.03. The molecule has 17 heavy (non-hydrogen) atoms. The predicted molar refractivity (Wildman–Crippen MR) is 69.9 cm³/mol. The highest BCUT2D eigenvalue weighted by atomic mass is 32.2. The first-order chi connectivity index (χ1) is 8.25. The number of rotatable bonds is 4. The van der Waals surface area contributed by atoms with Crippen LogP contribution in [0, 0.1) is 5.92 Å². The van der Waals surface area contributed by atoms with Crippen LogP contribution in [-0.4, -0.2) is 30.2 Å². The minimum Gasteiger partial charge on any atom is -0.493 e. The molecule has 2 atom stereocenters. The maximum atomic E-state index is 11.2. The maximum absolute atomic E-state index is 11.2. The summed E-state index contributed by atoms with van der Waals surface area (Å²) in [5.41, 5.74) is 0. The molecule has 0 bridgehead atoms. The summed E-state index contributed by atoms with van der Waals surface area (Å²) >= 11 is 0. The fourth-order valence-corrected chi connectivity index (χ4v) is 2.53. The van der Waals surface area contributed by atoms with Gasteiger partial charge < -0.3 is 10.1 Å². The van der Waals surface area contributed by atoms with Crippen molar-refractivity contribution in [2.24, 2.45) is 5.92 Å². The van der Waals surface area contributed by atoms with Gasteiger partial charge in [-0.15, -0.1) is 0 Å². The number of hydrogen-bond acceptors (Lipinski definition) is 3. The van der Waals surface area contributed by atoms with Gasteiger partial charge in [0.05, 0.1) is 6.61 Å². The van der Waals surface area contributed by atoms with Crippen molar-refractivity contribution >= 4 is 10.8 Å². The fraction of sp³-hybridized carbons (Fsp3) is 0.538. The summed E-state index contributed by atoms with van der Waals surface area (Å²) in [6.45, 7) is 2.95. The average Bonchev–Trinajstić information content (AvgIpc) is 2.38. The lowest BCUT2D eigenvalue weighted by molar-refractivity contribution is 0.218. The van der Waals surface area contributed by atoms with Crippen LogP contribution in [0.2, 0.25) is 0 Å². The molecule has 1 unspecified atom stereocenters. The van der Waals surface area contributed by atoms with Crippen LogP contribution in [0.3, 0.4) is 0 Å². The van der Waals surface area contributed by atoms with Crippen LogP contribution in [0.15, 0.2) is 29.2 Å². The van der Waals surface area contributed by atoms with E-state index in [-0.39, 0.29) is 0 Å². The first kappa shape index (κ1) is 12.6. The zero-order chi connectivity index (χ0) is 12.1. The molecule has 0 amide bonds. The Morgan fingerprint density at radius 2 is 2.18 bits per heavy atom. The van der Waals surface area contributed by atoms with E-state index in [1.165, 1.54) is 12.8 Å². The van der Waals surface area contributed by atoms with Crippen molar-refractivity contribution in [1.82, 2.24) is 5.32 Å². The molecule has 1 aromatic carbocycles. The third-order valence-corrected chi connectivity index (χ3v) is 3.98. The minimum absolute atomic E-state index is 0.615. The molecule has 3 nitrogen and oxygen atoms in total. The molecule has 2 rings (SSSR count). The van der Waals surface area contributed by atoms with Gasteiger partial charge in [0.2, 0.25) is 0 Å². The Labute approximate surface area is 105 Å². The van der Waals surface area contributed by atoms with Crippen molar-refractivity contribution in [1.29, 1.82) is 0 Å². The lowest BCUT2D eigenvalue weighted by Crippen LogP contribution is -2.33. The van der Waals surface area contributed by atoms with Crippen LogP contribution in [0.1, 0.15) is 12.8 Å². The summed E-state index contributed by atoms with van der Waals surface area (Å²) in [7, 11) is -0.911. The van der Waals surface area contributed by atoms with Gasteiger partial charge in [-0.1, -0.05) is 0 Å². The number of nitrogens with one attached hydrogen (secondary N) is 1. The Morgan fingerprint density at radius 1 is 1.41 bits per heavy atom. The highest BCUT2D eigenvalue weighted by Crippen LogP contribution is 2.17. The van der Waals surface area contributed by atoms with Gasteiger partial charge in [-0.25, -0.2) is 0 Å². The Bertz CT molecular complexity index is 372. The molecular formula is C13H19NO2S. The molecule has 4 heteroatoms. The Balaban J connectivity index is 1.84. The van der Waals surface area contributed by atoms with Crippen molar-refractivity contribution < 1.29 is 8.95 Å². The molecule has 1 N–H and O–H groups in total. The lowest BCUT2D eigenvalue weighted by atomic mass is 10.0. The van der Waals surface area contributed by atoms with Gasteiger partial charge in [0, 0.05) is 34.4 Å². The van der Waals surface area contributed by atoms with Gasteiger partial charge in [0.15, 0.2) is 0 Å². The SMILES string of the molecule is CS(=O)c1ccc(OC[C@@H]2CCCNC2)cc1. The number of benzene rings is 1. The minimum atomic E-state index is -0.911. The first-order valence-corrected chi connectivity index (χ1v) is 7.58. The summed E-state index contributed by atoms with van der Waals surface area (Å²) < 4.78 is 17.0. The van der Waals surface area contributed by atoms with E-state index < -0.39 is 10.8 Å². The second-order valence-corrected chi connectivity index (χ2v) is 5.83. The molecule has 0 radical (unpaired) electrons. The second kappa shape index (κ2) is 6.17. The molecule has 1 aromatic rings. The van der Waals surface area contributed by atoms with E-state index in [9.17, 15) is 4.21 Å². The largest absolute Gasteiger partial charge is 0.493 e. The highest BCUT2D eigenvalue weighted by molar-refractivity contribution is 7.84. The van der Waals surface area contributed by atoms with Crippen LogP contribution in [-0.2, 0) is 10.8 Å². The van der Waals surface area contributed by atoms with Gasteiger partial charge in [0.1, 0.15) is 5.75 Å². The van der Waals surface area contributed by atoms with E-state index in [4.69, 9.17) is 4.74 Å². The van der Waals surface area contributed by atoms with E-state index >= 15 is 0 Å². The van der Waals surface area contributed by atoms with E-state index in [0.29, 0.717) is 5.92 Å². The smallest absolute Gasteiger partial charge is 0.119 e. The number of ether oxygens (including phenoxy) is 1. The van der Waals surface area contributed by atoms with Gasteiger partial charge in [0.25, 0.3) is 0 Å². The maximum Gasteiger partial charge on any atom is 0.119 e. The zero-order valence-electron chi connectivity index (χ0n) is 10.1. The quantitative estimate of drug-likeness (QED) is 0.889. The Hall–Kier alpha value is -0.870. The summed E-state index contributed by atoms with van der Waals surface area (Å²) in [6.07, 6.45) is 4.16. The van der Waals surface area contributed by atoms with E-state index in [1.54, 1.807) is 6.26 Å². The van der Waals surface area contributed by atoms with E-state index in [1.807, 2.05) is 24.3 Å². The fourth-order valence-electron chi connectivity index (χ4n) is 2.01. The molecule has 0 aliphatic carbocycles. The number of piperidine rings is 1. The van der Waals surface area contributed by atoms with E-state index in [0.717, 1.165) is 30.3 Å². The van der Waals surface area contributed by atoms with Crippen molar-refractivity contribution in [3.8, 4) is 5.75 Å². The normalized spacial score (nSPS) is 22.1. The second-order valence-electron chi connectivity index (χ2n) is 4.45. The van der Waals surface area contributed by atoms with Crippen LogP contribution < -0.4 is 10.1 Å². The molecule has 1 fully saturated rings. The van der Waals surface area contributed by atoms with Crippen molar-refractivity contribution in [3.05, 3.63) is 24.3 Å². The van der Waals surface area contributed by atoms with Crippen LogP contribution in [0.25, 0.3) is 0 Å². The molecule has 1 aliphatic rings. The van der Waals surface area contributed by atoms with Crippen molar-refractivity contribution in [3.63, 3.8) is 0 Å². The van der Waals surface area contributed by atoms with Crippen LogP contribution in [0.4, 0.5) is 0 Å². The molecule has 1 heterocycles. The summed E-state index contributed by atoms with van der Waals surface area (Å²) in [5.74, 6) is 1.48. The van der Waals surface area contributed by atoms with Crippen LogP contribution in [0.5, 0.6) is 5.75 Å². The average molecular weight is 253 g/mol. The third kappa shape index (κ3) is 3.82. The van der Waals surface area contributed by atoms with Gasteiger partial charge in [-0.2, -0.15) is 0 Å². The predicted octanol–water partition coefficient (Wildman–Crippen LogP) is 1.80. The molecule has 0 saturated carbocycles. The summed E-state index contributed by atoms with van der Waals surface area (Å²) in [6, 6.07) is 7.52. The molecule has 1 aliphatic heterocycles. The zero-order valence-corrected chi connectivity index (χ0v) is 11.0. The van der Waals surface area contributed by atoms with Gasteiger partial charge >= 0.3 is 0 Å². The van der Waals surface area contributed by atoms with Crippen molar-refractivity contribution in [2.75, 3.05) is 26.0 Å².